The van der Waals surface area contributed by atoms with Gasteiger partial charge in [-0.25, -0.2) is 4.98 Å². The highest BCUT2D eigenvalue weighted by atomic mass is 32.1. The van der Waals surface area contributed by atoms with Crippen molar-refractivity contribution in [2.24, 2.45) is 0 Å². The summed E-state index contributed by atoms with van der Waals surface area (Å²) < 4.78 is 5.09. The summed E-state index contributed by atoms with van der Waals surface area (Å²) in [7, 11) is 1.59. The molecule has 0 atom stereocenters. The summed E-state index contributed by atoms with van der Waals surface area (Å²) in [5, 5.41) is 0.781. The van der Waals surface area contributed by atoms with E-state index in [9.17, 15) is 9.59 Å². The van der Waals surface area contributed by atoms with Crippen LogP contribution in [0.3, 0.4) is 0 Å². The Kier molecular flexibility index (Phi) is 5.83. The molecule has 3 rings (SSSR count). The van der Waals surface area contributed by atoms with Gasteiger partial charge in [-0.3, -0.25) is 20.4 Å². The molecule has 1 aromatic heterocycles. The van der Waals surface area contributed by atoms with Gasteiger partial charge >= 0.3 is 0 Å². The largest absolute Gasteiger partial charge is 0.497 e. The lowest BCUT2D eigenvalue weighted by Gasteiger charge is -2.08. The molecular weight excluding hydrogens is 362 g/mol. The summed E-state index contributed by atoms with van der Waals surface area (Å²) in [5.41, 5.74) is 7.22. The van der Waals surface area contributed by atoms with Crippen molar-refractivity contribution in [3.8, 4) is 17.0 Å². The predicted octanol–water partition coefficient (Wildman–Crippen LogP) is 3.13. The normalized spacial score (nSPS) is 10.3. The van der Waals surface area contributed by atoms with Crippen LogP contribution in [0.5, 0.6) is 5.75 Å². The lowest BCUT2D eigenvalue weighted by molar-refractivity contribution is -0.121. The van der Waals surface area contributed by atoms with Gasteiger partial charge in [0.15, 0.2) is 0 Å². The molecule has 0 saturated carbocycles. The lowest BCUT2D eigenvalue weighted by Crippen LogP contribution is -2.42. The Balaban J connectivity index is 1.63. The first-order valence-corrected chi connectivity index (χ1v) is 9.13. The van der Waals surface area contributed by atoms with Crippen LogP contribution < -0.4 is 15.6 Å². The second-order valence-electron chi connectivity index (χ2n) is 5.80. The minimum atomic E-state index is -0.387. The molecule has 0 radical (unpaired) electrons. The van der Waals surface area contributed by atoms with Crippen LogP contribution in [0.25, 0.3) is 11.3 Å². The summed E-state index contributed by atoms with van der Waals surface area (Å²) in [6.07, 6.45) is 0.150. The number of nitrogens with one attached hydrogen (secondary N) is 2. The topological polar surface area (TPSA) is 80.3 Å². The number of methoxy groups -OCH3 is 1. The van der Waals surface area contributed by atoms with Gasteiger partial charge in [0.1, 0.15) is 10.6 Å². The number of aromatic nitrogens is 1. The number of amides is 2. The third-order valence-corrected chi connectivity index (χ3v) is 4.80. The first kappa shape index (κ1) is 18.6. The molecule has 7 heteroatoms. The van der Waals surface area contributed by atoms with Gasteiger partial charge in [0.05, 0.1) is 24.2 Å². The Morgan fingerprint density at radius 2 is 1.74 bits per heavy atom. The maximum atomic E-state index is 12.5. The molecule has 3 aromatic rings. The first-order chi connectivity index (χ1) is 13.1. The second kappa shape index (κ2) is 8.46. The van der Waals surface area contributed by atoms with Crippen LogP contribution in [0.4, 0.5) is 0 Å². The molecule has 1 heterocycles. The van der Waals surface area contributed by atoms with E-state index in [2.05, 4.69) is 15.8 Å². The Morgan fingerprint density at radius 3 is 2.41 bits per heavy atom. The van der Waals surface area contributed by atoms with Crippen LogP contribution in [0.1, 0.15) is 20.2 Å². The zero-order valence-corrected chi connectivity index (χ0v) is 15.8. The summed E-state index contributed by atoms with van der Waals surface area (Å²) >= 11 is 1.29. The van der Waals surface area contributed by atoms with Gasteiger partial charge in [0.25, 0.3) is 5.91 Å². The third kappa shape index (κ3) is 4.71. The zero-order valence-electron chi connectivity index (χ0n) is 15.0. The number of thiazole rings is 1. The molecule has 2 aromatic carbocycles. The van der Waals surface area contributed by atoms with E-state index < -0.39 is 0 Å². The van der Waals surface area contributed by atoms with E-state index in [-0.39, 0.29) is 18.2 Å². The monoisotopic (exact) mass is 381 g/mol. The molecule has 138 valence electrons. The molecule has 2 N–H and O–H groups in total. The van der Waals surface area contributed by atoms with Gasteiger partial charge in [-0.2, -0.15) is 0 Å². The summed E-state index contributed by atoms with van der Waals surface area (Å²) in [6, 6.07) is 16.7. The fourth-order valence-corrected chi connectivity index (χ4v) is 3.37. The molecule has 0 aliphatic rings. The molecule has 0 aliphatic carbocycles. The number of nitrogens with zero attached hydrogens (tertiary/aromatic N) is 1. The second-order valence-corrected chi connectivity index (χ2v) is 7.01. The molecule has 6 nitrogen and oxygen atoms in total. The number of rotatable bonds is 5. The molecule has 0 bridgehead atoms. The van der Waals surface area contributed by atoms with Gasteiger partial charge in [-0.05, 0) is 24.6 Å². The first-order valence-electron chi connectivity index (χ1n) is 8.32. The number of hydrazine groups is 1. The van der Waals surface area contributed by atoms with Gasteiger partial charge in [-0.15, -0.1) is 11.3 Å². The Morgan fingerprint density at radius 1 is 1.04 bits per heavy atom. The molecular formula is C20H19N3O3S. The molecule has 0 saturated heterocycles. The van der Waals surface area contributed by atoms with Crippen LogP contribution in [0.15, 0.2) is 54.6 Å². The van der Waals surface area contributed by atoms with E-state index in [0.717, 1.165) is 21.9 Å². The third-order valence-electron chi connectivity index (χ3n) is 3.83. The van der Waals surface area contributed by atoms with Crippen LogP contribution in [0.2, 0.25) is 0 Å². The molecule has 2 amide bonds. The molecule has 0 spiro atoms. The van der Waals surface area contributed by atoms with E-state index in [0.29, 0.717) is 10.6 Å². The SMILES string of the molecule is COc1ccc(CC(=O)NNC(=O)c2sc(C)nc2-c2ccccc2)cc1. The quantitative estimate of drug-likeness (QED) is 0.666. The smallest absolute Gasteiger partial charge is 0.282 e. The average molecular weight is 381 g/mol. The van der Waals surface area contributed by atoms with Crippen molar-refractivity contribution in [3.63, 3.8) is 0 Å². The van der Waals surface area contributed by atoms with Crippen molar-refractivity contribution in [3.05, 3.63) is 70.0 Å². The lowest BCUT2D eigenvalue weighted by atomic mass is 10.1. The van der Waals surface area contributed by atoms with Crippen LogP contribution >= 0.6 is 11.3 Å². The van der Waals surface area contributed by atoms with Crippen LogP contribution in [0, 0.1) is 6.92 Å². The molecule has 0 fully saturated rings. The van der Waals surface area contributed by atoms with Gasteiger partial charge < -0.3 is 4.74 Å². The maximum Gasteiger partial charge on any atom is 0.282 e. The van der Waals surface area contributed by atoms with Gasteiger partial charge in [-0.1, -0.05) is 42.5 Å². The zero-order chi connectivity index (χ0) is 19.2. The summed E-state index contributed by atoms with van der Waals surface area (Å²) in [5.74, 6) is 0.0278. The number of aryl methyl sites for hydroxylation is 1. The van der Waals surface area contributed by atoms with E-state index in [1.807, 2.05) is 37.3 Å². The van der Waals surface area contributed by atoms with E-state index in [1.54, 1.807) is 31.4 Å². The Labute approximate surface area is 161 Å². The number of hydrogen-bond donors (Lipinski definition) is 2. The number of ether oxygens (including phenoxy) is 1. The van der Waals surface area contributed by atoms with Gasteiger partial charge in [0.2, 0.25) is 5.91 Å². The van der Waals surface area contributed by atoms with Crippen LogP contribution in [-0.4, -0.2) is 23.9 Å². The maximum absolute atomic E-state index is 12.5. The predicted molar refractivity (Wildman–Crippen MR) is 105 cm³/mol. The highest BCUT2D eigenvalue weighted by molar-refractivity contribution is 7.14. The molecule has 27 heavy (non-hydrogen) atoms. The number of hydrogen-bond acceptors (Lipinski definition) is 5. The number of carbonyl (C=O) groups is 2. The Bertz CT molecular complexity index is 937. The average Bonchev–Trinajstić information content (AvgIpc) is 3.09. The van der Waals surface area contributed by atoms with Gasteiger partial charge in [0, 0.05) is 5.56 Å². The van der Waals surface area contributed by atoms with Crippen molar-refractivity contribution < 1.29 is 14.3 Å². The van der Waals surface area contributed by atoms with Crippen molar-refractivity contribution in [1.82, 2.24) is 15.8 Å². The number of carbonyl (C=O) groups excluding carboxylic acids is 2. The molecule has 0 aliphatic heterocycles. The highest BCUT2D eigenvalue weighted by Crippen LogP contribution is 2.27. The fraction of sp³-hybridized carbons (Fsp3) is 0.150. The minimum absolute atomic E-state index is 0.150. The van der Waals surface area contributed by atoms with E-state index in [1.165, 1.54) is 11.3 Å². The number of benzene rings is 2. The van der Waals surface area contributed by atoms with Crippen molar-refractivity contribution in [2.75, 3.05) is 7.11 Å². The van der Waals surface area contributed by atoms with E-state index >= 15 is 0 Å². The summed E-state index contributed by atoms with van der Waals surface area (Å²) in [6.45, 7) is 1.84. The minimum Gasteiger partial charge on any atom is -0.497 e. The van der Waals surface area contributed by atoms with Crippen LogP contribution in [-0.2, 0) is 11.2 Å². The Hall–Kier alpha value is -3.19. The standard InChI is InChI=1S/C20H19N3O3S/c1-13-21-18(15-6-4-3-5-7-15)19(27-13)20(25)23-22-17(24)12-14-8-10-16(26-2)11-9-14/h3-11H,12H2,1-2H3,(H,22,24)(H,23,25). The van der Waals surface area contributed by atoms with Crippen molar-refractivity contribution in [2.45, 2.75) is 13.3 Å². The summed E-state index contributed by atoms with van der Waals surface area (Å²) in [4.78, 5) is 29.5. The van der Waals surface area contributed by atoms with Crippen molar-refractivity contribution in [1.29, 1.82) is 0 Å². The van der Waals surface area contributed by atoms with Crippen molar-refractivity contribution >= 4 is 23.2 Å². The van der Waals surface area contributed by atoms with E-state index in [4.69, 9.17) is 4.74 Å². The highest BCUT2D eigenvalue weighted by Gasteiger charge is 2.18. The molecule has 0 unspecified atom stereocenters. The fourth-order valence-electron chi connectivity index (χ4n) is 2.53.